The van der Waals surface area contributed by atoms with Crippen LogP contribution in [-0.2, 0) is 16.0 Å². The van der Waals surface area contributed by atoms with Gasteiger partial charge in [-0.2, -0.15) is 0 Å². The molecule has 1 rings (SSSR count). The molecule has 0 bridgehead atoms. The molecule has 0 saturated carbocycles. The van der Waals surface area contributed by atoms with Crippen LogP contribution >= 0.6 is 0 Å². The SMILES string of the molecule is CCOCC(=O)Cc1cccnc1. The molecule has 3 nitrogen and oxygen atoms in total. The average Bonchev–Trinajstić information content (AvgIpc) is 2.16. The van der Waals surface area contributed by atoms with E-state index in [0.717, 1.165) is 5.56 Å². The molecule has 70 valence electrons. The quantitative estimate of drug-likeness (QED) is 0.682. The lowest BCUT2D eigenvalue weighted by atomic mass is 10.1. The van der Waals surface area contributed by atoms with Gasteiger partial charge in [-0.05, 0) is 18.6 Å². The number of nitrogens with zero attached hydrogens (tertiary/aromatic N) is 1. The lowest BCUT2D eigenvalue weighted by Gasteiger charge is -2.00. The Morgan fingerprint density at radius 3 is 3.08 bits per heavy atom. The Hall–Kier alpha value is -1.22. The third-order valence-electron chi connectivity index (χ3n) is 1.59. The molecule has 0 amide bonds. The van der Waals surface area contributed by atoms with Gasteiger partial charge in [0.1, 0.15) is 6.61 Å². The number of carbonyl (C=O) groups excluding carboxylic acids is 1. The highest BCUT2D eigenvalue weighted by molar-refractivity contribution is 5.81. The number of aromatic nitrogens is 1. The summed E-state index contributed by atoms with van der Waals surface area (Å²) in [5, 5.41) is 0. The highest BCUT2D eigenvalue weighted by Crippen LogP contribution is 1.97. The first-order valence-electron chi connectivity index (χ1n) is 4.31. The first kappa shape index (κ1) is 9.86. The van der Waals surface area contributed by atoms with Gasteiger partial charge in [-0.1, -0.05) is 6.07 Å². The highest BCUT2D eigenvalue weighted by Gasteiger charge is 2.02. The Balaban J connectivity index is 2.37. The van der Waals surface area contributed by atoms with E-state index in [4.69, 9.17) is 4.74 Å². The van der Waals surface area contributed by atoms with Crippen LogP contribution in [0.4, 0.5) is 0 Å². The van der Waals surface area contributed by atoms with E-state index in [1.165, 1.54) is 0 Å². The fourth-order valence-electron chi connectivity index (χ4n) is 0.997. The van der Waals surface area contributed by atoms with Gasteiger partial charge in [-0.15, -0.1) is 0 Å². The van der Waals surface area contributed by atoms with Gasteiger partial charge >= 0.3 is 0 Å². The van der Waals surface area contributed by atoms with Gasteiger partial charge in [0.05, 0.1) is 0 Å². The molecule has 0 atom stereocenters. The molecule has 0 aliphatic heterocycles. The maximum atomic E-state index is 11.2. The van der Waals surface area contributed by atoms with E-state index >= 15 is 0 Å². The van der Waals surface area contributed by atoms with Gasteiger partial charge in [0.15, 0.2) is 5.78 Å². The van der Waals surface area contributed by atoms with Crippen LogP contribution in [0.3, 0.4) is 0 Å². The van der Waals surface area contributed by atoms with E-state index in [1.807, 2.05) is 19.1 Å². The lowest BCUT2D eigenvalue weighted by Crippen LogP contribution is -2.11. The van der Waals surface area contributed by atoms with Gasteiger partial charge < -0.3 is 4.74 Å². The van der Waals surface area contributed by atoms with Crippen molar-refractivity contribution < 1.29 is 9.53 Å². The van der Waals surface area contributed by atoms with Crippen LogP contribution in [0, 0.1) is 0 Å². The number of carbonyl (C=O) groups is 1. The molecule has 0 aliphatic rings. The van der Waals surface area contributed by atoms with E-state index in [1.54, 1.807) is 12.4 Å². The van der Waals surface area contributed by atoms with Crippen molar-refractivity contribution in [1.29, 1.82) is 0 Å². The summed E-state index contributed by atoms with van der Waals surface area (Å²) in [6.45, 7) is 2.65. The summed E-state index contributed by atoms with van der Waals surface area (Å²) in [6, 6.07) is 3.71. The standard InChI is InChI=1S/C10H13NO2/c1-2-13-8-10(12)6-9-4-3-5-11-7-9/h3-5,7H,2,6,8H2,1H3. The Morgan fingerprint density at radius 1 is 1.62 bits per heavy atom. The molecule has 1 aromatic heterocycles. The first-order valence-corrected chi connectivity index (χ1v) is 4.31. The molecular formula is C10H13NO2. The lowest BCUT2D eigenvalue weighted by molar-refractivity contribution is -0.122. The number of Topliss-reactive ketones (excluding diaryl/α,β-unsaturated/α-hetero) is 1. The molecule has 0 fully saturated rings. The van der Waals surface area contributed by atoms with Gasteiger partial charge in [0.2, 0.25) is 0 Å². The van der Waals surface area contributed by atoms with E-state index in [-0.39, 0.29) is 12.4 Å². The van der Waals surface area contributed by atoms with Crippen LogP contribution in [0.1, 0.15) is 12.5 Å². The van der Waals surface area contributed by atoms with Crippen molar-refractivity contribution in [3.8, 4) is 0 Å². The molecule has 0 N–H and O–H groups in total. The molecule has 0 radical (unpaired) electrons. The smallest absolute Gasteiger partial charge is 0.162 e. The predicted molar refractivity (Wildman–Crippen MR) is 49.4 cm³/mol. The summed E-state index contributed by atoms with van der Waals surface area (Å²) in [4.78, 5) is 15.1. The Kier molecular flexibility index (Phi) is 4.12. The largest absolute Gasteiger partial charge is 0.374 e. The minimum absolute atomic E-state index is 0.0925. The van der Waals surface area contributed by atoms with Crippen LogP contribution in [0.15, 0.2) is 24.5 Å². The van der Waals surface area contributed by atoms with Crippen LogP contribution in [0.2, 0.25) is 0 Å². The van der Waals surface area contributed by atoms with Gasteiger partial charge in [-0.3, -0.25) is 9.78 Å². The second-order valence-electron chi connectivity index (χ2n) is 2.71. The monoisotopic (exact) mass is 179 g/mol. The number of hydrogen-bond donors (Lipinski definition) is 0. The number of hydrogen-bond acceptors (Lipinski definition) is 3. The summed E-state index contributed by atoms with van der Waals surface area (Å²) in [5.74, 6) is 0.0925. The normalized spacial score (nSPS) is 9.92. The Morgan fingerprint density at radius 2 is 2.46 bits per heavy atom. The minimum Gasteiger partial charge on any atom is -0.374 e. The van der Waals surface area contributed by atoms with Crippen LogP contribution in [0.25, 0.3) is 0 Å². The van der Waals surface area contributed by atoms with E-state index < -0.39 is 0 Å². The third-order valence-corrected chi connectivity index (χ3v) is 1.59. The average molecular weight is 179 g/mol. The van der Waals surface area contributed by atoms with Crippen molar-refractivity contribution in [2.75, 3.05) is 13.2 Å². The summed E-state index contributed by atoms with van der Waals surface area (Å²) in [5.41, 5.74) is 0.937. The van der Waals surface area contributed by atoms with Crippen molar-refractivity contribution in [2.45, 2.75) is 13.3 Å². The maximum absolute atomic E-state index is 11.2. The summed E-state index contributed by atoms with van der Waals surface area (Å²) >= 11 is 0. The maximum Gasteiger partial charge on any atom is 0.162 e. The fourth-order valence-corrected chi connectivity index (χ4v) is 0.997. The van der Waals surface area contributed by atoms with Crippen LogP contribution < -0.4 is 0 Å². The van der Waals surface area contributed by atoms with Crippen molar-refractivity contribution in [3.63, 3.8) is 0 Å². The molecule has 3 heteroatoms. The third kappa shape index (κ3) is 3.80. The zero-order valence-electron chi connectivity index (χ0n) is 7.69. The molecule has 0 aromatic carbocycles. The molecule has 0 spiro atoms. The van der Waals surface area contributed by atoms with Crippen molar-refractivity contribution in [1.82, 2.24) is 4.98 Å². The number of rotatable bonds is 5. The molecule has 0 unspecified atom stereocenters. The molecule has 0 saturated heterocycles. The van der Waals surface area contributed by atoms with Gasteiger partial charge in [0.25, 0.3) is 0 Å². The second-order valence-corrected chi connectivity index (χ2v) is 2.71. The summed E-state index contributed by atoms with van der Waals surface area (Å²) in [7, 11) is 0. The van der Waals surface area contributed by atoms with Crippen LogP contribution in [0.5, 0.6) is 0 Å². The number of ketones is 1. The predicted octanol–water partition coefficient (Wildman–Crippen LogP) is 1.23. The van der Waals surface area contributed by atoms with Crippen LogP contribution in [-0.4, -0.2) is 24.0 Å². The Labute approximate surface area is 77.8 Å². The zero-order chi connectivity index (χ0) is 9.52. The first-order chi connectivity index (χ1) is 6.33. The highest BCUT2D eigenvalue weighted by atomic mass is 16.5. The van der Waals surface area contributed by atoms with E-state index in [2.05, 4.69) is 4.98 Å². The molecule has 1 aromatic rings. The number of ether oxygens (including phenoxy) is 1. The minimum atomic E-state index is 0.0925. The molecular weight excluding hydrogens is 166 g/mol. The van der Waals surface area contributed by atoms with Crippen molar-refractivity contribution in [3.05, 3.63) is 30.1 Å². The Bertz CT molecular complexity index is 259. The van der Waals surface area contributed by atoms with Gasteiger partial charge in [-0.25, -0.2) is 0 Å². The summed E-state index contributed by atoms with van der Waals surface area (Å²) in [6.07, 6.45) is 3.80. The van der Waals surface area contributed by atoms with E-state index in [9.17, 15) is 4.79 Å². The molecule has 13 heavy (non-hydrogen) atoms. The fraction of sp³-hybridized carbons (Fsp3) is 0.400. The number of pyridine rings is 1. The van der Waals surface area contributed by atoms with Gasteiger partial charge in [0, 0.05) is 25.4 Å². The van der Waals surface area contributed by atoms with E-state index in [0.29, 0.717) is 13.0 Å². The summed E-state index contributed by atoms with van der Waals surface area (Å²) < 4.78 is 5.00. The molecule has 0 aliphatic carbocycles. The molecule has 1 heterocycles. The topological polar surface area (TPSA) is 39.2 Å². The van der Waals surface area contributed by atoms with Crippen molar-refractivity contribution >= 4 is 5.78 Å². The van der Waals surface area contributed by atoms with Crippen molar-refractivity contribution in [2.24, 2.45) is 0 Å². The second kappa shape index (κ2) is 5.43. The zero-order valence-corrected chi connectivity index (χ0v) is 7.69.